The Morgan fingerprint density at radius 3 is 1.57 bits per heavy atom. The summed E-state index contributed by atoms with van der Waals surface area (Å²) >= 11 is 0. The molecular formula is C40H66N2O7. The zero-order valence-corrected chi connectivity index (χ0v) is 30.0. The van der Waals surface area contributed by atoms with Crippen LogP contribution in [0, 0.1) is 47.3 Å². The number of aliphatic carboxylic acids is 2. The van der Waals surface area contributed by atoms with Gasteiger partial charge in [0.05, 0.1) is 36.6 Å². The van der Waals surface area contributed by atoms with Crippen LogP contribution in [-0.2, 0) is 24.0 Å². The highest BCUT2D eigenvalue weighted by Crippen LogP contribution is 2.44. The molecule has 6 aliphatic rings. The summed E-state index contributed by atoms with van der Waals surface area (Å²) in [5.41, 5.74) is 3.28. The van der Waals surface area contributed by atoms with Gasteiger partial charge in [-0.3, -0.25) is 14.4 Å². The Hall–Kier alpha value is -1.71. The lowest BCUT2D eigenvalue weighted by Gasteiger charge is -2.39. The van der Waals surface area contributed by atoms with Gasteiger partial charge in [0.15, 0.2) is 0 Å². The highest BCUT2D eigenvalue weighted by Gasteiger charge is 2.43. The maximum atomic E-state index is 13.3. The number of carboxylic acid groups (broad SMARTS) is 2. The predicted octanol–water partition coefficient (Wildman–Crippen LogP) is 7.66. The Morgan fingerprint density at radius 1 is 0.510 bits per heavy atom. The predicted molar refractivity (Wildman–Crippen MR) is 187 cm³/mol. The van der Waals surface area contributed by atoms with Gasteiger partial charge >= 0.3 is 11.9 Å². The van der Waals surface area contributed by atoms with E-state index in [1.54, 1.807) is 0 Å². The van der Waals surface area contributed by atoms with Crippen LogP contribution in [0.4, 0.5) is 0 Å². The lowest BCUT2D eigenvalue weighted by molar-refractivity contribution is -0.150. The molecule has 1 amide bonds. The van der Waals surface area contributed by atoms with Gasteiger partial charge in [-0.15, -0.1) is 0 Å². The molecule has 0 radical (unpaired) electrons. The van der Waals surface area contributed by atoms with E-state index in [0.717, 1.165) is 83.0 Å². The summed E-state index contributed by atoms with van der Waals surface area (Å²) in [5, 5.41) is 23.3. The molecule has 6 saturated carbocycles. The number of rotatable bonds is 12. The molecule has 6 atom stereocenters. The van der Waals surface area contributed by atoms with Gasteiger partial charge in [0.2, 0.25) is 5.91 Å². The fraction of sp³-hybridized carbons (Fsp3) is 0.925. The van der Waals surface area contributed by atoms with E-state index < -0.39 is 23.8 Å². The van der Waals surface area contributed by atoms with Gasteiger partial charge < -0.3 is 25.1 Å². The molecular weight excluding hydrogens is 620 g/mol. The third-order valence-corrected chi connectivity index (χ3v) is 14.2. The molecule has 6 aliphatic carbocycles. The van der Waals surface area contributed by atoms with Crippen molar-refractivity contribution in [2.45, 2.75) is 178 Å². The van der Waals surface area contributed by atoms with Crippen molar-refractivity contribution in [2.24, 2.45) is 47.3 Å². The SMILES string of the molecule is O=C(O)C1CC(C2CCCCC2)CCC1CONC1CCC(OC2CCC(NC(=O)C3CCC(C4CCCCC4)CC3C(=O)O)CC2)CC1. The summed E-state index contributed by atoms with van der Waals surface area (Å²) in [4.78, 5) is 43.7. The number of amides is 1. The number of nitrogens with one attached hydrogen (secondary N) is 2. The third-order valence-electron chi connectivity index (χ3n) is 14.2. The molecule has 6 rings (SSSR count). The molecule has 6 unspecified atom stereocenters. The molecule has 9 nitrogen and oxygen atoms in total. The van der Waals surface area contributed by atoms with E-state index in [-0.39, 0.29) is 42.0 Å². The van der Waals surface area contributed by atoms with Crippen LogP contribution in [-0.4, -0.2) is 59.0 Å². The molecule has 278 valence electrons. The van der Waals surface area contributed by atoms with Gasteiger partial charge in [-0.2, -0.15) is 5.48 Å². The Labute approximate surface area is 294 Å². The highest BCUT2D eigenvalue weighted by molar-refractivity contribution is 5.85. The summed E-state index contributed by atoms with van der Waals surface area (Å²) < 4.78 is 6.54. The van der Waals surface area contributed by atoms with Gasteiger partial charge in [-0.05, 0) is 119 Å². The lowest BCUT2D eigenvalue weighted by Crippen LogP contribution is -2.47. The molecule has 0 saturated heterocycles. The summed E-state index contributed by atoms with van der Waals surface area (Å²) in [6, 6.07) is 0.387. The molecule has 0 heterocycles. The molecule has 4 N–H and O–H groups in total. The minimum atomic E-state index is -0.798. The fourth-order valence-electron chi connectivity index (χ4n) is 11.1. The second kappa shape index (κ2) is 18.2. The summed E-state index contributed by atoms with van der Waals surface area (Å²) in [5.74, 6) is -0.248. The maximum Gasteiger partial charge on any atom is 0.307 e. The average Bonchev–Trinajstić information content (AvgIpc) is 3.13. The number of ether oxygens (including phenoxy) is 1. The van der Waals surface area contributed by atoms with Crippen molar-refractivity contribution >= 4 is 17.8 Å². The van der Waals surface area contributed by atoms with E-state index in [1.807, 2.05) is 0 Å². The number of carbonyl (C=O) groups excluding carboxylic acids is 1. The Bertz CT molecular complexity index is 1060. The van der Waals surface area contributed by atoms with E-state index >= 15 is 0 Å². The molecule has 0 aliphatic heterocycles. The molecule has 6 fully saturated rings. The van der Waals surface area contributed by atoms with Crippen molar-refractivity contribution in [3.8, 4) is 0 Å². The normalized spacial score (nSPS) is 38.4. The van der Waals surface area contributed by atoms with Gasteiger partial charge in [-0.25, -0.2) is 0 Å². The van der Waals surface area contributed by atoms with E-state index in [2.05, 4.69) is 10.8 Å². The van der Waals surface area contributed by atoms with Crippen molar-refractivity contribution in [1.29, 1.82) is 0 Å². The summed E-state index contributed by atoms with van der Waals surface area (Å²) in [6.45, 7) is 0.475. The van der Waals surface area contributed by atoms with Crippen LogP contribution < -0.4 is 10.8 Å². The standard InChI is InChI=1S/C40H66N2O7/c43-38(35-22-13-29(24-37(35)40(46)47)27-9-5-2-6-10-27)41-31-14-18-33(19-15-31)49-34-20-16-32(17-21-34)42-48-25-30-12-11-28(23-36(30)39(44)45)26-7-3-1-4-8-26/h26-37,42H,1-25H2,(H,41,43)(H,44,45)(H,46,47). The molecule has 9 heteroatoms. The molecule has 0 aromatic heterocycles. The molecule has 0 aromatic rings. The first-order chi connectivity index (χ1) is 23.8. The minimum absolute atomic E-state index is 0.0440. The third kappa shape index (κ3) is 10.2. The van der Waals surface area contributed by atoms with Crippen molar-refractivity contribution < 1.29 is 34.2 Å². The number of hydroxylamine groups is 1. The Morgan fingerprint density at radius 2 is 1.02 bits per heavy atom. The summed E-state index contributed by atoms with van der Waals surface area (Å²) in [6.07, 6.45) is 26.1. The van der Waals surface area contributed by atoms with Crippen molar-refractivity contribution in [3.63, 3.8) is 0 Å². The van der Waals surface area contributed by atoms with E-state index in [1.165, 1.54) is 64.2 Å². The van der Waals surface area contributed by atoms with E-state index in [4.69, 9.17) is 9.57 Å². The fourth-order valence-corrected chi connectivity index (χ4v) is 11.1. The number of hydrogen-bond donors (Lipinski definition) is 4. The van der Waals surface area contributed by atoms with Crippen LogP contribution in [0.1, 0.15) is 154 Å². The first kappa shape index (κ1) is 37.1. The Balaban J connectivity index is 0.848. The maximum absolute atomic E-state index is 13.3. The second-order valence-corrected chi connectivity index (χ2v) is 17.2. The first-order valence-electron chi connectivity index (χ1n) is 20.6. The zero-order valence-electron chi connectivity index (χ0n) is 30.0. The topological polar surface area (TPSA) is 134 Å². The van der Waals surface area contributed by atoms with Crippen LogP contribution in [0.2, 0.25) is 0 Å². The quantitative estimate of drug-likeness (QED) is 0.154. The monoisotopic (exact) mass is 686 g/mol. The zero-order chi connectivity index (χ0) is 34.2. The number of carbonyl (C=O) groups is 3. The number of carboxylic acids is 2. The largest absolute Gasteiger partial charge is 0.481 e. The van der Waals surface area contributed by atoms with Crippen LogP contribution in [0.5, 0.6) is 0 Å². The highest BCUT2D eigenvalue weighted by atomic mass is 16.6. The molecule has 49 heavy (non-hydrogen) atoms. The van der Waals surface area contributed by atoms with Crippen LogP contribution in [0.3, 0.4) is 0 Å². The van der Waals surface area contributed by atoms with Gasteiger partial charge in [-0.1, -0.05) is 64.2 Å². The van der Waals surface area contributed by atoms with Gasteiger partial charge in [0, 0.05) is 12.1 Å². The second-order valence-electron chi connectivity index (χ2n) is 17.2. The summed E-state index contributed by atoms with van der Waals surface area (Å²) in [7, 11) is 0. The molecule has 0 bridgehead atoms. The van der Waals surface area contributed by atoms with Crippen molar-refractivity contribution in [2.75, 3.05) is 6.61 Å². The molecule has 0 spiro atoms. The van der Waals surface area contributed by atoms with Crippen LogP contribution in [0.25, 0.3) is 0 Å². The number of hydrogen-bond acceptors (Lipinski definition) is 6. The van der Waals surface area contributed by atoms with E-state index in [0.29, 0.717) is 37.2 Å². The van der Waals surface area contributed by atoms with E-state index in [9.17, 15) is 24.6 Å². The minimum Gasteiger partial charge on any atom is -0.481 e. The Kier molecular flexibility index (Phi) is 13.7. The van der Waals surface area contributed by atoms with Crippen LogP contribution >= 0.6 is 0 Å². The van der Waals surface area contributed by atoms with Gasteiger partial charge in [0.1, 0.15) is 0 Å². The molecule has 0 aromatic carbocycles. The van der Waals surface area contributed by atoms with Crippen molar-refractivity contribution in [3.05, 3.63) is 0 Å². The van der Waals surface area contributed by atoms with Gasteiger partial charge in [0.25, 0.3) is 0 Å². The van der Waals surface area contributed by atoms with Crippen molar-refractivity contribution in [1.82, 2.24) is 10.8 Å². The average molecular weight is 687 g/mol. The van der Waals surface area contributed by atoms with Crippen LogP contribution in [0.15, 0.2) is 0 Å². The lowest BCUT2D eigenvalue weighted by atomic mass is 9.66. The smallest absolute Gasteiger partial charge is 0.307 e. The first-order valence-corrected chi connectivity index (χ1v) is 20.6.